The van der Waals surface area contributed by atoms with Gasteiger partial charge >= 0.3 is 5.97 Å². The van der Waals surface area contributed by atoms with E-state index >= 15 is 0 Å². The number of hydrogen-bond donors (Lipinski definition) is 0. The molecule has 0 bridgehead atoms. The molecule has 0 aromatic carbocycles. The van der Waals surface area contributed by atoms with Crippen LogP contribution in [0.4, 0.5) is 0 Å². The van der Waals surface area contributed by atoms with Gasteiger partial charge in [0.2, 0.25) is 0 Å². The quantitative estimate of drug-likeness (QED) is 0.0202. The Morgan fingerprint density at radius 2 is 1.00 bits per heavy atom. The molecular formula is C46H80NO7P. The molecule has 9 heteroatoms. The minimum Gasteiger partial charge on any atom is -0.756 e. The average Bonchev–Trinajstić information content (AvgIpc) is 3.13. The lowest BCUT2D eigenvalue weighted by atomic mass is 10.1. The van der Waals surface area contributed by atoms with Crippen LogP contribution in [0.2, 0.25) is 0 Å². The summed E-state index contributed by atoms with van der Waals surface area (Å²) in [6.07, 6.45) is 50.2. The van der Waals surface area contributed by atoms with Crippen molar-refractivity contribution < 1.29 is 37.3 Å². The Bertz CT molecular complexity index is 1150. The third-order valence-electron chi connectivity index (χ3n) is 8.44. The van der Waals surface area contributed by atoms with Gasteiger partial charge in [0, 0.05) is 13.0 Å². The molecule has 0 fully saturated rings. The number of phosphoric ester groups is 1. The predicted octanol–water partition coefficient (Wildman–Crippen LogP) is 11.9. The normalized spacial score (nSPS) is 14.7. The first kappa shape index (κ1) is 52.7. The Labute approximate surface area is 337 Å². The van der Waals surface area contributed by atoms with Gasteiger partial charge in [0.1, 0.15) is 19.3 Å². The van der Waals surface area contributed by atoms with Gasteiger partial charge in [-0.05, 0) is 83.5 Å². The summed E-state index contributed by atoms with van der Waals surface area (Å²) >= 11 is 0. The van der Waals surface area contributed by atoms with E-state index in [0.29, 0.717) is 17.6 Å². The standard InChI is InChI=1S/C46H80NO7P/c1-6-8-10-12-14-16-18-20-22-23-24-26-28-30-32-34-36-38-41-51-43-45(44-53-55(49,50)52-42-40-47(3,4)5)54-46(48)39-37-35-33-31-29-27-25-21-19-17-15-13-11-9-7-2/h8-11,14-17,20-22,24-26,45H,6-7,12-13,18-19,23,27-44H2,1-5H3/b10-8-,11-9-,16-14-,17-15-,22-20-,25-21-,26-24-. The second kappa shape index (κ2) is 38.5. The maximum absolute atomic E-state index is 12.7. The molecule has 0 aliphatic carbocycles. The van der Waals surface area contributed by atoms with Crippen LogP contribution in [0.1, 0.15) is 142 Å². The van der Waals surface area contributed by atoms with E-state index in [1.54, 1.807) is 0 Å². The molecule has 0 rings (SSSR count). The number of ether oxygens (including phenoxy) is 2. The van der Waals surface area contributed by atoms with Crippen molar-refractivity contribution in [3.8, 4) is 0 Å². The van der Waals surface area contributed by atoms with Crippen LogP contribution in [-0.4, -0.2) is 70.7 Å². The molecule has 0 N–H and O–H groups in total. The van der Waals surface area contributed by atoms with Gasteiger partial charge in [0.15, 0.2) is 0 Å². The third-order valence-corrected chi connectivity index (χ3v) is 9.41. The van der Waals surface area contributed by atoms with Gasteiger partial charge in [-0.2, -0.15) is 0 Å². The van der Waals surface area contributed by atoms with Crippen LogP contribution in [0.15, 0.2) is 85.1 Å². The first-order valence-corrected chi connectivity index (χ1v) is 22.8. The molecule has 0 spiro atoms. The van der Waals surface area contributed by atoms with Gasteiger partial charge in [0.05, 0.1) is 34.4 Å². The van der Waals surface area contributed by atoms with Crippen molar-refractivity contribution in [3.63, 3.8) is 0 Å². The van der Waals surface area contributed by atoms with Crippen molar-refractivity contribution in [2.45, 2.75) is 148 Å². The van der Waals surface area contributed by atoms with Crippen LogP contribution in [0, 0.1) is 0 Å². The van der Waals surface area contributed by atoms with Crippen LogP contribution in [-0.2, 0) is 27.9 Å². The molecule has 0 saturated heterocycles. The van der Waals surface area contributed by atoms with E-state index in [4.69, 9.17) is 18.5 Å². The third kappa shape index (κ3) is 42.7. The minimum atomic E-state index is -4.54. The fourth-order valence-corrected chi connectivity index (χ4v) is 5.93. The number of unbranched alkanes of at least 4 members (excludes halogenated alkanes) is 10. The molecule has 0 aromatic heterocycles. The van der Waals surface area contributed by atoms with Crippen molar-refractivity contribution in [2.24, 2.45) is 0 Å². The first-order chi connectivity index (χ1) is 26.6. The molecule has 316 valence electrons. The Hall–Kier alpha value is -2.32. The molecule has 55 heavy (non-hydrogen) atoms. The van der Waals surface area contributed by atoms with Gasteiger partial charge in [0.25, 0.3) is 7.82 Å². The molecular weight excluding hydrogens is 709 g/mol. The van der Waals surface area contributed by atoms with Crippen LogP contribution in [0.3, 0.4) is 0 Å². The van der Waals surface area contributed by atoms with Gasteiger partial charge in [-0.1, -0.05) is 137 Å². The molecule has 0 heterocycles. The number of nitrogens with zero attached hydrogens (tertiary/aromatic N) is 1. The van der Waals surface area contributed by atoms with E-state index < -0.39 is 13.9 Å². The summed E-state index contributed by atoms with van der Waals surface area (Å²) in [5, 5.41) is 0. The van der Waals surface area contributed by atoms with E-state index in [9.17, 15) is 14.3 Å². The summed E-state index contributed by atoms with van der Waals surface area (Å²) in [6, 6.07) is 0. The number of phosphoric acid groups is 1. The number of carbonyl (C=O) groups excluding carboxylic acids is 1. The maximum atomic E-state index is 12.7. The minimum absolute atomic E-state index is 0.0134. The Balaban J connectivity index is 4.34. The van der Waals surface area contributed by atoms with Crippen molar-refractivity contribution in [2.75, 3.05) is 54.1 Å². The Kier molecular flexibility index (Phi) is 36.9. The second-order valence-electron chi connectivity index (χ2n) is 14.9. The van der Waals surface area contributed by atoms with Crippen molar-refractivity contribution >= 4 is 13.8 Å². The Morgan fingerprint density at radius 1 is 0.564 bits per heavy atom. The fraction of sp³-hybridized carbons (Fsp3) is 0.674. The summed E-state index contributed by atoms with van der Waals surface area (Å²) in [7, 11) is 1.31. The number of rotatable bonds is 38. The zero-order chi connectivity index (χ0) is 40.6. The highest BCUT2D eigenvalue weighted by Gasteiger charge is 2.20. The fourth-order valence-electron chi connectivity index (χ4n) is 5.20. The number of quaternary nitrogens is 1. The molecule has 0 aromatic rings. The molecule has 0 amide bonds. The van der Waals surface area contributed by atoms with Gasteiger partial charge < -0.3 is 27.9 Å². The zero-order valence-electron chi connectivity index (χ0n) is 35.6. The molecule has 0 saturated carbocycles. The van der Waals surface area contributed by atoms with Crippen molar-refractivity contribution in [3.05, 3.63) is 85.1 Å². The largest absolute Gasteiger partial charge is 0.756 e. The zero-order valence-corrected chi connectivity index (χ0v) is 36.5. The highest BCUT2D eigenvalue weighted by molar-refractivity contribution is 7.45. The van der Waals surface area contributed by atoms with Crippen LogP contribution in [0.25, 0.3) is 0 Å². The van der Waals surface area contributed by atoms with E-state index in [0.717, 1.165) is 109 Å². The molecule has 0 aliphatic heterocycles. The van der Waals surface area contributed by atoms with Crippen LogP contribution < -0.4 is 4.89 Å². The molecule has 2 atom stereocenters. The summed E-state index contributed by atoms with van der Waals surface area (Å²) in [6.45, 7) is 5.08. The lowest BCUT2D eigenvalue weighted by molar-refractivity contribution is -0.870. The highest BCUT2D eigenvalue weighted by Crippen LogP contribution is 2.38. The van der Waals surface area contributed by atoms with Crippen LogP contribution in [0.5, 0.6) is 0 Å². The van der Waals surface area contributed by atoms with E-state index in [2.05, 4.69) is 98.9 Å². The predicted molar refractivity (Wildman–Crippen MR) is 231 cm³/mol. The number of allylic oxidation sites excluding steroid dienone is 14. The van der Waals surface area contributed by atoms with E-state index in [-0.39, 0.29) is 32.2 Å². The van der Waals surface area contributed by atoms with Crippen LogP contribution >= 0.6 is 7.82 Å². The summed E-state index contributed by atoms with van der Waals surface area (Å²) in [4.78, 5) is 25.0. The first-order valence-electron chi connectivity index (χ1n) is 21.3. The van der Waals surface area contributed by atoms with E-state index in [1.165, 1.54) is 12.8 Å². The average molecular weight is 790 g/mol. The maximum Gasteiger partial charge on any atom is 0.306 e. The van der Waals surface area contributed by atoms with Gasteiger partial charge in [-0.25, -0.2) is 0 Å². The SMILES string of the molecule is CC/C=C\C/C=C\C/C=C\C/C=C\CCCCCCCOCC(COP(=O)([O-])OCC[N+](C)(C)C)OC(=O)CCCCCCC/C=C\C/C=C\C/C=C\CC. The lowest BCUT2D eigenvalue weighted by Crippen LogP contribution is -2.37. The van der Waals surface area contributed by atoms with Gasteiger partial charge in [-0.15, -0.1) is 0 Å². The monoisotopic (exact) mass is 790 g/mol. The number of esters is 1. The summed E-state index contributed by atoms with van der Waals surface area (Å²) in [5.74, 6) is -0.363. The van der Waals surface area contributed by atoms with Crippen molar-refractivity contribution in [1.29, 1.82) is 0 Å². The number of hydrogen-bond acceptors (Lipinski definition) is 7. The molecule has 0 radical (unpaired) electrons. The topological polar surface area (TPSA) is 94.1 Å². The second-order valence-corrected chi connectivity index (χ2v) is 16.3. The van der Waals surface area contributed by atoms with Crippen molar-refractivity contribution in [1.82, 2.24) is 0 Å². The number of carbonyl (C=O) groups is 1. The molecule has 0 aliphatic rings. The summed E-state index contributed by atoms with van der Waals surface area (Å²) in [5.41, 5.74) is 0. The van der Waals surface area contributed by atoms with E-state index in [1.807, 2.05) is 21.1 Å². The highest BCUT2D eigenvalue weighted by atomic mass is 31.2. The number of likely N-dealkylation sites (N-methyl/N-ethyl adjacent to an activating group) is 1. The molecule has 2 unspecified atom stereocenters. The molecule has 8 nitrogen and oxygen atoms in total. The smallest absolute Gasteiger partial charge is 0.306 e. The summed E-state index contributed by atoms with van der Waals surface area (Å²) < 4.78 is 34.5. The Morgan fingerprint density at radius 3 is 1.49 bits per heavy atom. The van der Waals surface area contributed by atoms with Gasteiger partial charge in [-0.3, -0.25) is 9.36 Å². The lowest BCUT2D eigenvalue weighted by Gasteiger charge is -2.28.